The average molecular weight is 271 g/mol. The van der Waals surface area contributed by atoms with Crippen LogP contribution in [0.5, 0.6) is 0 Å². The summed E-state index contributed by atoms with van der Waals surface area (Å²) in [5.41, 5.74) is 2.38. The Morgan fingerprint density at radius 1 is 1.35 bits per heavy atom. The van der Waals surface area contributed by atoms with E-state index in [-0.39, 0.29) is 5.91 Å². The van der Waals surface area contributed by atoms with E-state index in [4.69, 9.17) is 0 Å². The number of carbonyl (C=O) groups is 1. The summed E-state index contributed by atoms with van der Waals surface area (Å²) in [6.45, 7) is 4.29. The summed E-state index contributed by atoms with van der Waals surface area (Å²) in [4.78, 5) is 12.0. The minimum atomic E-state index is 0.114. The molecule has 4 nitrogen and oxygen atoms in total. The number of rotatable bonds is 6. The van der Waals surface area contributed by atoms with Crippen LogP contribution in [-0.2, 0) is 17.9 Å². The molecule has 106 valence electrons. The number of hydrogen-bond acceptors (Lipinski definition) is 2. The van der Waals surface area contributed by atoms with E-state index in [1.807, 2.05) is 12.1 Å². The van der Waals surface area contributed by atoms with Gasteiger partial charge in [-0.05, 0) is 31.0 Å². The van der Waals surface area contributed by atoms with Gasteiger partial charge in [-0.2, -0.15) is 0 Å². The average Bonchev–Trinajstić information content (AvgIpc) is 3.19. The second kappa shape index (κ2) is 5.67. The predicted molar refractivity (Wildman–Crippen MR) is 80.5 cm³/mol. The zero-order valence-electron chi connectivity index (χ0n) is 11.9. The standard InChI is InChI=1S/C16H21N3O/c1-2-17-9-12-10-19(11-16(20)18-13-7-8-13)15-6-4-3-5-14(12)15/h3-6,10,13,17H,2,7-9,11H2,1H3,(H,18,20). The minimum absolute atomic E-state index is 0.114. The molecule has 1 aromatic heterocycles. The molecule has 2 aromatic rings. The van der Waals surface area contributed by atoms with E-state index >= 15 is 0 Å². The predicted octanol–water partition coefficient (Wildman–Crippen LogP) is 2.03. The van der Waals surface area contributed by atoms with Crippen LogP contribution in [-0.4, -0.2) is 23.1 Å². The Morgan fingerprint density at radius 3 is 2.90 bits per heavy atom. The number of nitrogens with one attached hydrogen (secondary N) is 2. The Bertz CT molecular complexity index is 613. The van der Waals surface area contributed by atoms with Crippen LogP contribution in [0, 0.1) is 0 Å². The molecular weight excluding hydrogens is 250 g/mol. The molecule has 1 aliphatic carbocycles. The van der Waals surface area contributed by atoms with Gasteiger partial charge in [-0.15, -0.1) is 0 Å². The number of hydrogen-bond donors (Lipinski definition) is 2. The fraction of sp³-hybridized carbons (Fsp3) is 0.438. The summed E-state index contributed by atoms with van der Waals surface area (Å²) in [5.74, 6) is 0.114. The quantitative estimate of drug-likeness (QED) is 0.844. The lowest BCUT2D eigenvalue weighted by molar-refractivity contribution is -0.121. The van der Waals surface area contributed by atoms with Gasteiger partial charge in [0.25, 0.3) is 0 Å². The van der Waals surface area contributed by atoms with Gasteiger partial charge < -0.3 is 15.2 Å². The molecule has 3 rings (SSSR count). The second-order valence-electron chi connectivity index (χ2n) is 5.42. The first-order valence-corrected chi connectivity index (χ1v) is 7.34. The molecule has 1 amide bonds. The largest absolute Gasteiger partial charge is 0.352 e. The van der Waals surface area contributed by atoms with Gasteiger partial charge in [0.2, 0.25) is 5.91 Å². The van der Waals surface area contributed by atoms with Crippen molar-refractivity contribution >= 4 is 16.8 Å². The van der Waals surface area contributed by atoms with Gasteiger partial charge in [0.1, 0.15) is 6.54 Å². The van der Waals surface area contributed by atoms with Gasteiger partial charge in [-0.3, -0.25) is 4.79 Å². The lowest BCUT2D eigenvalue weighted by Gasteiger charge is -2.05. The van der Waals surface area contributed by atoms with E-state index < -0.39 is 0 Å². The number of carbonyl (C=O) groups excluding carboxylic acids is 1. The lowest BCUT2D eigenvalue weighted by atomic mass is 10.2. The molecule has 1 fully saturated rings. The van der Waals surface area contributed by atoms with Crippen molar-refractivity contribution < 1.29 is 4.79 Å². The highest BCUT2D eigenvalue weighted by Crippen LogP contribution is 2.22. The van der Waals surface area contributed by atoms with Crippen molar-refractivity contribution in [2.45, 2.75) is 38.9 Å². The molecule has 0 bridgehead atoms. The van der Waals surface area contributed by atoms with Gasteiger partial charge in [0.05, 0.1) is 0 Å². The number of nitrogens with zero attached hydrogens (tertiary/aromatic N) is 1. The van der Waals surface area contributed by atoms with Crippen LogP contribution in [0.15, 0.2) is 30.5 Å². The second-order valence-corrected chi connectivity index (χ2v) is 5.42. The van der Waals surface area contributed by atoms with Crippen molar-refractivity contribution in [1.29, 1.82) is 0 Å². The Kier molecular flexibility index (Phi) is 3.74. The van der Waals surface area contributed by atoms with Crippen molar-refractivity contribution in [3.63, 3.8) is 0 Å². The molecule has 0 atom stereocenters. The molecular formula is C16H21N3O. The fourth-order valence-corrected chi connectivity index (χ4v) is 2.51. The maximum Gasteiger partial charge on any atom is 0.240 e. The van der Waals surface area contributed by atoms with Gasteiger partial charge in [0.15, 0.2) is 0 Å². The van der Waals surface area contributed by atoms with E-state index in [1.54, 1.807) is 0 Å². The fourth-order valence-electron chi connectivity index (χ4n) is 2.51. The molecule has 4 heteroatoms. The van der Waals surface area contributed by atoms with Crippen molar-refractivity contribution in [2.24, 2.45) is 0 Å². The van der Waals surface area contributed by atoms with Crippen molar-refractivity contribution in [3.05, 3.63) is 36.0 Å². The molecule has 1 aliphatic rings. The van der Waals surface area contributed by atoms with E-state index in [9.17, 15) is 4.79 Å². The van der Waals surface area contributed by atoms with Crippen LogP contribution in [0.4, 0.5) is 0 Å². The number of benzene rings is 1. The van der Waals surface area contributed by atoms with Gasteiger partial charge in [-0.1, -0.05) is 25.1 Å². The summed E-state index contributed by atoms with van der Waals surface area (Å²) in [7, 11) is 0. The number of fused-ring (bicyclic) bond motifs is 1. The summed E-state index contributed by atoms with van der Waals surface area (Å²) in [5, 5.41) is 7.63. The Morgan fingerprint density at radius 2 is 2.15 bits per heavy atom. The molecule has 0 aliphatic heterocycles. The zero-order valence-corrected chi connectivity index (χ0v) is 11.9. The van der Waals surface area contributed by atoms with E-state index in [0.717, 1.165) is 31.4 Å². The van der Waals surface area contributed by atoms with E-state index in [0.29, 0.717) is 12.6 Å². The van der Waals surface area contributed by atoms with E-state index in [2.05, 4.69) is 40.5 Å². The third-order valence-corrected chi connectivity index (χ3v) is 3.69. The maximum atomic E-state index is 12.0. The topological polar surface area (TPSA) is 46.1 Å². The smallest absolute Gasteiger partial charge is 0.240 e. The van der Waals surface area contributed by atoms with E-state index in [1.165, 1.54) is 10.9 Å². The van der Waals surface area contributed by atoms with Crippen LogP contribution in [0.2, 0.25) is 0 Å². The highest BCUT2D eigenvalue weighted by Gasteiger charge is 2.23. The minimum Gasteiger partial charge on any atom is -0.352 e. The van der Waals surface area contributed by atoms with Crippen molar-refractivity contribution in [2.75, 3.05) is 6.54 Å². The Labute approximate surface area is 119 Å². The third-order valence-electron chi connectivity index (χ3n) is 3.69. The maximum absolute atomic E-state index is 12.0. The van der Waals surface area contributed by atoms with Gasteiger partial charge in [-0.25, -0.2) is 0 Å². The first kappa shape index (κ1) is 13.2. The molecule has 0 spiro atoms. The van der Waals surface area contributed by atoms with Crippen LogP contribution >= 0.6 is 0 Å². The van der Waals surface area contributed by atoms with Crippen molar-refractivity contribution in [1.82, 2.24) is 15.2 Å². The zero-order chi connectivity index (χ0) is 13.9. The van der Waals surface area contributed by atoms with Gasteiger partial charge >= 0.3 is 0 Å². The lowest BCUT2D eigenvalue weighted by Crippen LogP contribution is -2.29. The molecule has 0 saturated heterocycles. The SMILES string of the molecule is CCNCc1cn(CC(=O)NC2CC2)c2ccccc12. The molecule has 20 heavy (non-hydrogen) atoms. The first-order valence-electron chi connectivity index (χ1n) is 7.34. The summed E-state index contributed by atoms with van der Waals surface area (Å²) in [6.07, 6.45) is 4.35. The highest BCUT2D eigenvalue weighted by atomic mass is 16.2. The summed E-state index contributed by atoms with van der Waals surface area (Å²) >= 11 is 0. The molecule has 1 aromatic carbocycles. The molecule has 0 radical (unpaired) electrons. The van der Waals surface area contributed by atoms with Crippen LogP contribution in [0.1, 0.15) is 25.3 Å². The molecule has 0 unspecified atom stereocenters. The Balaban J connectivity index is 1.83. The number of aromatic nitrogens is 1. The summed E-state index contributed by atoms with van der Waals surface area (Å²) < 4.78 is 2.06. The molecule has 1 saturated carbocycles. The van der Waals surface area contributed by atoms with Crippen LogP contribution < -0.4 is 10.6 Å². The summed E-state index contributed by atoms with van der Waals surface area (Å²) in [6, 6.07) is 8.69. The first-order chi connectivity index (χ1) is 9.78. The third kappa shape index (κ3) is 2.85. The molecule has 2 N–H and O–H groups in total. The normalized spacial score (nSPS) is 14.7. The van der Waals surface area contributed by atoms with Crippen LogP contribution in [0.3, 0.4) is 0 Å². The number of amides is 1. The highest BCUT2D eigenvalue weighted by molar-refractivity contribution is 5.86. The van der Waals surface area contributed by atoms with Crippen molar-refractivity contribution in [3.8, 4) is 0 Å². The number of para-hydroxylation sites is 1. The van der Waals surface area contributed by atoms with Crippen LogP contribution in [0.25, 0.3) is 10.9 Å². The monoisotopic (exact) mass is 271 g/mol. The molecule has 1 heterocycles. The van der Waals surface area contributed by atoms with Gasteiger partial charge in [0, 0.05) is 29.7 Å². The Hall–Kier alpha value is -1.81.